The van der Waals surface area contributed by atoms with Crippen LogP contribution in [0.5, 0.6) is 0 Å². The SMILES string of the molecule is CCCCCC/C=C\CCCCOC(=O)CCN1CCN(CCC(=O)OCCCC/C=C\CCCCCC)CCN(CCC(=O)OCCCC/C=C\CCCCCC)CCN(CCC(=O)OCCCC/C=C\CCCCCC)CCN(CCC(=O)OCCCC/C=C\CCCCCC)CCN(CCC(=O)OCCCC/C=C\CCCCCC)CC1. The van der Waals surface area contributed by atoms with E-state index < -0.39 is 0 Å². The Bertz CT molecular complexity index is 2070. The van der Waals surface area contributed by atoms with Crippen molar-refractivity contribution in [3.05, 3.63) is 72.9 Å². The fourth-order valence-corrected chi connectivity index (χ4v) is 14.5. The number of rotatable bonds is 78. The van der Waals surface area contributed by atoms with Crippen molar-refractivity contribution in [3.63, 3.8) is 0 Å². The van der Waals surface area contributed by atoms with E-state index >= 15 is 0 Å². The monoisotopic (exact) mass is 1690 g/mol. The van der Waals surface area contributed by atoms with Crippen molar-refractivity contribution in [2.75, 3.05) is 157 Å². The number of carbonyl (C=O) groups excluding carboxylic acids is 6. The van der Waals surface area contributed by atoms with Crippen molar-refractivity contribution in [1.82, 2.24) is 29.4 Å². The molecule has 0 atom stereocenters. The minimum absolute atomic E-state index is 0.214. The second-order valence-corrected chi connectivity index (χ2v) is 33.8. The van der Waals surface area contributed by atoms with Crippen LogP contribution in [0.25, 0.3) is 0 Å². The van der Waals surface area contributed by atoms with E-state index in [0.29, 0.717) is 157 Å². The first-order valence-electron chi connectivity index (χ1n) is 50.1. The van der Waals surface area contributed by atoms with Crippen LogP contribution in [0.3, 0.4) is 0 Å². The molecule has 0 unspecified atom stereocenters. The molecule has 0 saturated carbocycles. The van der Waals surface area contributed by atoms with E-state index in [2.05, 4.69) is 144 Å². The third-order valence-corrected chi connectivity index (χ3v) is 22.7. The maximum atomic E-state index is 13.8. The molecule has 18 heteroatoms. The molecule has 1 rings (SSSR count). The maximum absolute atomic E-state index is 13.8. The number of nitrogens with zero attached hydrogens (tertiary/aromatic N) is 6. The Morgan fingerprint density at radius 1 is 0.175 bits per heavy atom. The number of unbranched alkanes of at least 4 members (excludes halogenated alkanes) is 36. The van der Waals surface area contributed by atoms with E-state index in [-0.39, 0.29) is 74.3 Å². The van der Waals surface area contributed by atoms with Crippen molar-refractivity contribution >= 4 is 35.8 Å². The first-order chi connectivity index (χ1) is 59.0. The molecule has 0 bridgehead atoms. The van der Waals surface area contributed by atoms with Crippen LogP contribution in [0, 0.1) is 0 Å². The van der Waals surface area contributed by atoms with Crippen LogP contribution in [0.15, 0.2) is 72.9 Å². The van der Waals surface area contributed by atoms with Gasteiger partial charge in [-0.05, 0) is 193 Å². The third kappa shape index (κ3) is 80.2. The topological polar surface area (TPSA) is 177 Å². The highest BCUT2D eigenvalue weighted by Gasteiger charge is 2.22. The van der Waals surface area contributed by atoms with Gasteiger partial charge in [-0.25, -0.2) is 0 Å². The minimum atomic E-state index is -0.227. The fraction of sp³-hybridized carbons (Fsp3) is 0.824. The van der Waals surface area contributed by atoms with Crippen LogP contribution in [-0.4, -0.2) is 223 Å². The summed E-state index contributed by atoms with van der Waals surface area (Å²) in [7, 11) is 0. The Morgan fingerprint density at radius 3 is 0.408 bits per heavy atom. The summed E-state index contributed by atoms with van der Waals surface area (Å²) in [6.45, 7) is 25.6. The zero-order valence-corrected chi connectivity index (χ0v) is 78.7. The average molecular weight is 1690 g/mol. The lowest BCUT2D eigenvalue weighted by Crippen LogP contribution is -2.47. The van der Waals surface area contributed by atoms with Crippen LogP contribution >= 0.6 is 0 Å². The zero-order chi connectivity index (χ0) is 86.8. The smallest absolute Gasteiger partial charge is 0.307 e. The van der Waals surface area contributed by atoms with E-state index in [4.69, 9.17) is 28.4 Å². The fourth-order valence-electron chi connectivity index (χ4n) is 14.5. The van der Waals surface area contributed by atoms with E-state index in [0.717, 1.165) is 154 Å². The van der Waals surface area contributed by atoms with Crippen LogP contribution in [0.2, 0.25) is 0 Å². The molecule has 18 nitrogen and oxygen atoms in total. The van der Waals surface area contributed by atoms with Gasteiger partial charge >= 0.3 is 35.8 Å². The van der Waals surface area contributed by atoms with Gasteiger partial charge in [0.1, 0.15) is 0 Å². The van der Waals surface area contributed by atoms with Crippen molar-refractivity contribution in [1.29, 1.82) is 0 Å². The predicted molar refractivity (Wildman–Crippen MR) is 503 cm³/mol. The quantitative estimate of drug-likeness (QED) is 0.0243. The highest BCUT2D eigenvalue weighted by atomic mass is 16.6. The normalized spacial score (nSPS) is 14.8. The molecule has 0 aliphatic carbocycles. The van der Waals surface area contributed by atoms with E-state index in [1.54, 1.807) is 0 Å². The second-order valence-electron chi connectivity index (χ2n) is 33.8. The van der Waals surface area contributed by atoms with Gasteiger partial charge in [0.15, 0.2) is 0 Å². The molecule has 1 saturated heterocycles. The minimum Gasteiger partial charge on any atom is -0.466 e. The van der Waals surface area contributed by atoms with Crippen molar-refractivity contribution in [2.45, 2.75) is 388 Å². The molecule has 0 radical (unpaired) electrons. The molecular formula is C102H186N6O12. The molecule has 0 amide bonds. The molecule has 1 aliphatic rings. The molecule has 120 heavy (non-hydrogen) atoms. The molecule has 0 aromatic rings. The first kappa shape index (κ1) is 113. The van der Waals surface area contributed by atoms with Gasteiger partial charge in [-0.2, -0.15) is 0 Å². The van der Waals surface area contributed by atoms with Gasteiger partial charge in [-0.3, -0.25) is 28.8 Å². The number of hydrogen-bond acceptors (Lipinski definition) is 18. The standard InChI is InChI=1S/C102H186N6O12/c1-7-13-19-25-31-37-43-49-55-61-91-115-97(109)67-73-103-79-81-104(74-68-98(110)116-92-62-56-50-44-38-32-26-20-14-8-2)83-85-106(76-70-100(112)118-94-64-58-52-46-40-34-28-22-16-10-4)87-89-108(78-72-102(114)120-96-66-60-54-48-42-36-30-24-18-12-6)90-88-107(77-71-101(113)119-95-65-59-53-47-41-35-29-23-17-11-5)86-84-105(82-80-103)75-69-99(111)117-93-63-57-51-45-39-33-27-21-15-9-3/h37-48H,7-36,49-96H2,1-6H3/b43-37-,44-38-,45-39-,46-40-,47-41-,48-42-. The number of ether oxygens (including phenoxy) is 6. The zero-order valence-electron chi connectivity index (χ0n) is 78.7. The van der Waals surface area contributed by atoms with Gasteiger partial charge in [0, 0.05) is 118 Å². The molecule has 1 fully saturated rings. The Labute approximate surface area is 737 Å². The van der Waals surface area contributed by atoms with Gasteiger partial charge in [-0.1, -0.05) is 230 Å². The molecule has 0 aromatic heterocycles. The van der Waals surface area contributed by atoms with Crippen LogP contribution in [-0.2, 0) is 57.2 Å². The third-order valence-electron chi connectivity index (χ3n) is 22.7. The van der Waals surface area contributed by atoms with Crippen molar-refractivity contribution in [2.24, 2.45) is 0 Å². The maximum Gasteiger partial charge on any atom is 0.307 e. The lowest BCUT2D eigenvalue weighted by atomic mass is 10.1. The van der Waals surface area contributed by atoms with Gasteiger partial charge in [-0.15, -0.1) is 0 Å². The summed E-state index contributed by atoms with van der Waals surface area (Å²) in [4.78, 5) is 96.6. The Balaban J connectivity index is 3.88. The first-order valence-corrected chi connectivity index (χ1v) is 50.1. The average Bonchev–Trinajstić information content (AvgIpc) is 0.906. The summed E-state index contributed by atoms with van der Waals surface area (Å²) < 4.78 is 35.5. The number of allylic oxidation sites excluding steroid dienone is 12. The van der Waals surface area contributed by atoms with E-state index in [1.165, 1.54) is 154 Å². The molecule has 0 aromatic carbocycles. The van der Waals surface area contributed by atoms with Gasteiger partial charge in [0.2, 0.25) is 0 Å². The van der Waals surface area contributed by atoms with E-state index in [1.807, 2.05) is 0 Å². The summed E-state index contributed by atoms with van der Waals surface area (Å²) in [5.74, 6) is -1.36. The van der Waals surface area contributed by atoms with Crippen LogP contribution in [0.1, 0.15) is 388 Å². The summed E-state index contributed by atoms with van der Waals surface area (Å²) in [5, 5.41) is 0. The molecule has 0 spiro atoms. The number of esters is 6. The van der Waals surface area contributed by atoms with E-state index in [9.17, 15) is 28.8 Å². The van der Waals surface area contributed by atoms with Crippen molar-refractivity contribution < 1.29 is 57.2 Å². The molecule has 1 heterocycles. The second kappa shape index (κ2) is 90.3. The molecule has 696 valence electrons. The Kier molecular flexibility index (Phi) is 85.0. The lowest BCUT2D eigenvalue weighted by Gasteiger charge is -2.34. The summed E-state index contributed by atoms with van der Waals surface area (Å²) >= 11 is 0. The highest BCUT2D eigenvalue weighted by Crippen LogP contribution is 2.15. The number of hydrogen-bond donors (Lipinski definition) is 0. The van der Waals surface area contributed by atoms with Crippen molar-refractivity contribution in [3.8, 4) is 0 Å². The molecular weight excluding hydrogens is 1500 g/mol. The number of carbonyl (C=O) groups is 6. The highest BCUT2D eigenvalue weighted by molar-refractivity contribution is 5.71. The predicted octanol–water partition coefficient (Wildman–Crippen LogP) is 23.6. The molecule has 1 aliphatic heterocycles. The Hall–Kier alpha value is -4.98. The van der Waals surface area contributed by atoms with Gasteiger partial charge < -0.3 is 57.8 Å². The summed E-state index contributed by atoms with van der Waals surface area (Å²) in [5.41, 5.74) is 0. The largest absolute Gasteiger partial charge is 0.466 e. The van der Waals surface area contributed by atoms with Crippen LogP contribution in [0.4, 0.5) is 0 Å². The lowest BCUT2D eigenvalue weighted by molar-refractivity contribution is -0.145. The Morgan fingerprint density at radius 2 is 0.292 bits per heavy atom. The van der Waals surface area contributed by atoms with Gasteiger partial charge in [0.05, 0.1) is 78.2 Å². The van der Waals surface area contributed by atoms with Crippen LogP contribution < -0.4 is 0 Å². The summed E-state index contributed by atoms with van der Waals surface area (Å²) in [6.07, 6.45) is 81.6. The molecule has 0 N–H and O–H groups in total. The van der Waals surface area contributed by atoms with Gasteiger partial charge in [0.25, 0.3) is 0 Å². The summed E-state index contributed by atoms with van der Waals surface area (Å²) in [6, 6.07) is 0.